The predicted octanol–water partition coefficient (Wildman–Crippen LogP) is 1.59. The Morgan fingerprint density at radius 1 is 1.73 bits per heavy atom. The lowest BCUT2D eigenvalue weighted by Gasteiger charge is -2.10. The summed E-state index contributed by atoms with van der Waals surface area (Å²) in [6.07, 6.45) is 0.234. The van der Waals surface area contributed by atoms with Crippen molar-refractivity contribution in [2.45, 2.75) is 31.7 Å². The summed E-state index contributed by atoms with van der Waals surface area (Å²) in [6.45, 7) is 2.67. The number of Topliss-reactive ketones (excluding diaryl/α,β-unsaturated/α-hetero) is 1. The van der Waals surface area contributed by atoms with E-state index in [2.05, 4.69) is 0 Å². The minimum atomic E-state index is -1.49. The highest BCUT2D eigenvalue weighted by Crippen LogP contribution is 2.21. The van der Waals surface area contributed by atoms with Gasteiger partial charge in [0.05, 0.1) is 0 Å². The number of carbonyl (C=O) groups excluding carboxylic acids is 1. The van der Waals surface area contributed by atoms with E-state index in [1.54, 1.807) is 0 Å². The Morgan fingerprint density at radius 3 is 2.45 bits per heavy atom. The second-order valence-corrected chi connectivity index (χ2v) is 3.42. The van der Waals surface area contributed by atoms with Crippen molar-refractivity contribution < 1.29 is 9.72 Å². The molecule has 4 nitrogen and oxygen atoms in total. The summed E-state index contributed by atoms with van der Waals surface area (Å²) in [5, 5.41) is 10.2. The highest BCUT2D eigenvalue weighted by atomic mass is 35.5. The standard InChI is InChI=1S/C6H10ClNO3/c1-5(9)3-4-6(2,7)8(10)11/h3-4H2,1-2H3. The normalized spacial score (nSPS) is 15.5. The van der Waals surface area contributed by atoms with Crippen LogP contribution in [0, 0.1) is 10.1 Å². The third kappa shape index (κ3) is 3.93. The number of nitrogens with zero attached hydrogens (tertiary/aromatic N) is 1. The van der Waals surface area contributed by atoms with Gasteiger partial charge in [-0.2, -0.15) is 0 Å². The lowest BCUT2D eigenvalue weighted by Crippen LogP contribution is -2.28. The Kier molecular flexibility index (Phi) is 3.45. The van der Waals surface area contributed by atoms with Crippen molar-refractivity contribution in [3.63, 3.8) is 0 Å². The number of nitro groups is 1. The van der Waals surface area contributed by atoms with Crippen molar-refractivity contribution in [2.75, 3.05) is 0 Å². The molecule has 11 heavy (non-hydrogen) atoms. The molecule has 5 heteroatoms. The maximum atomic E-state index is 10.4. The molecule has 0 aromatic heterocycles. The maximum Gasteiger partial charge on any atom is 0.292 e. The third-order valence-electron chi connectivity index (χ3n) is 1.31. The SMILES string of the molecule is CC(=O)CCC(C)(Cl)[N+](=O)[O-]. The van der Waals surface area contributed by atoms with Gasteiger partial charge in [-0.15, -0.1) is 0 Å². The molecule has 1 unspecified atom stereocenters. The van der Waals surface area contributed by atoms with E-state index in [-0.39, 0.29) is 18.6 Å². The second-order valence-electron chi connectivity index (χ2n) is 2.60. The van der Waals surface area contributed by atoms with Crippen LogP contribution in [0.3, 0.4) is 0 Å². The minimum absolute atomic E-state index is 0.0802. The Morgan fingerprint density at radius 2 is 2.18 bits per heavy atom. The highest BCUT2D eigenvalue weighted by Gasteiger charge is 2.33. The van der Waals surface area contributed by atoms with E-state index in [1.165, 1.54) is 13.8 Å². The van der Waals surface area contributed by atoms with Crippen molar-refractivity contribution in [3.05, 3.63) is 10.1 Å². The maximum absolute atomic E-state index is 10.4. The molecular weight excluding hydrogens is 170 g/mol. The number of ketones is 1. The van der Waals surface area contributed by atoms with Crippen molar-refractivity contribution in [1.29, 1.82) is 0 Å². The van der Waals surface area contributed by atoms with E-state index in [1.807, 2.05) is 0 Å². The van der Waals surface area contributed by atoms with Gasteiger partial charge in [-0.25, -0.2) is 0 Å². The average Bonchev–Trinajstić information content (AvgIpc) is 1.84. The first-order valence-electron chi connectivity index (χ1n) is 3.19. The van der Waals surface area contributed by atoms with Crippen molar-refractivity contribution >= 4 is 17.4 Å². The van der Waals surface area contributed by atoms with Crippen LogP contribution in [0.2, 0.25) is 0 Å². The smallest absolute Gasteiger partial charge is 0.292 e. The summed E-state index contributed by atoms with van der Waals surface area (Å²) in [4.78, 5) is 18.5. The molecule has 0 saturated heterocycles. The Labute approximate surface area is 69.7 Å². The van der Waals surface area contributed by atoms with E-state index in [9.17, 15) is 14.9 Å². The highest BCUT2D eigenvalue weighted by molar-refractivity contribution is 6.22. The molecule has 0 amide bonds. The molecule has 0 aliphatic rings. The quantitative estimate of drug-likeness (QED) is 0.285. The molecule has 1 atom stereocenters. The van der Waals surface area contributed by atoms with Crippen LogP contribution >= 0.6 is 11.6 Å². The zero-order valence-electron chi connectivity index (χ0n) is 6.46. The van der Waals surface area contributed by atoms with Crippen molar-refractivity contribution in [1.82, 2.24) is 0 Å². The van der Waals surface area contributed by atoms with Crippen LogP contribution < -0.4 is 0 Å². The summed E-state index contributed by atoms with van der Waals surface area (Å²) in [6, 6.07) is 0. The first kappa shape index (κ1) is 10.4. The van der Waals surface area contributed by atoms with Crippen LogP contribution in [0.25, 0.3) is 0 Å². The topological polar surface area (TPSA) is 60.2 Å². The van der Waals surface area contributed by atoms with E-state index in [0.29, 0.717) is 0 Å². The van der Waals surface area contributed by atoms with Crippen LogP contribution in [0.5, 0.6) is 0 Å². The molecule has 0 aliphatic heterocycles. The fourth-order valence-electron chi connectivity index (χ4n) is 0.495. The number of rotatable bonds is 4. The van der Waals surface area contributed by atoms with Gasteiger partial charge in [0.1, 0.15) is 5.78 Å². The van der Waals surface area contributed by atoms with Crippen LogP contribution in [-0.2, 0) is 4.79 Å². The summed E-state index contributed by atoms with van der Waals surface area (Å²) in [7, 11) is 0. The monoisotopic (exact) mass is 179 g/mol. The number of alkyl halides is 1. The van der Waals surface area contributed by atoms with Gasteiger partial charge in [-0.05, 0) is 18.5 Å². The van der Waals surface area contributed by atoms with E-state index in [0.717, 1.165) is 0 Å². The van der Waals surface area contributed by atoms with Crippen LogP contribution in [-0.4, -0.2) is 15.7 Å². The molecule has 0 bridgehead atoms. The molecule has 0 aromatic rings. The molecule has 0 spiro atoms. The number of halogens is 1. The third-order valence-corrected chi connectivity index (χ3v) is 1.64. The molecule has 0 N–H and O–H groups in total. The number of hydrogen-bond acceptors (Lipinski definition) is 3. The molecule has 0 aromatic carbocycles. The predicted molar refractivity (Wildman–Crippen MR) is 41.2 cm³/mol. The molecular formula is C6H10ClNO3. The van der Waals surface area contributed by atoms with Gasteiger partial charge >= 0.3 is 0 Å². The Bertz CT molecular complexity index is 179. The molecule has 64 valence electrons. The summed E-state index contributed by atoms with van der Waals surface area (Å²) in [5.41, 5.74) is 0. The molecule has 0 saturated carbocycles. The van der Waals surface area contributed by atoms with Crippen molar-refractivity contribution in [2.24, 2.45) is 0 Å². The number of carbonyl (C=O) groups is 1. The van der Waals surface area contributed by atoms with E-state index >= 15 is 0 Å². The fraction of sp³-hybridized carbons (Fsp3) is 0.833. The first-order valence-corrected chi connectivity index (χ1v) is 3.57. The molecule has 0 fully saturated rings. The minimum Gasteiger partial charge on any atom is -0.300 e. The molecule has 0 heterocycles. The van der Waals surface area contributed by atoms with Gasteiger partial charge < -0.3 is 4.79 Å². The van der Waals surface area contributed by atoms with Gasteiger partial charge in [0.2, 0.25) is 0 Å². The van der Waals surface area contributed by atoms with Crippen molar-refractivity contribution in [3.8, 4) is 0 Å². The van der Waals surface area contributed by atoms with Gasteiger partial charge in [0, 0.05) is 24.7 Å². The fourth-order valence-corrected chi connectivity index (χ4v) is 0.590. The first-order chi connectivity index (χ1) is 4.86. The lowest BCUT2D eigenvalue weighted by atomic mass is 10.1. The van der Waals surface area contributed by atoms with Gasteiger partial charge in [0.25, 0.3) is 5.00 Å². The van der Waals surface area contributed by atoms with Gasteiger partial charge in [0.15, 0.2) is 0 Å². The molecule has 0 aliphatic carbocycles. The van der Waals surface area contributed by atoms with Crippen LogP contribution in [0.15, 0.2) is 0 Å². The Balaban J connectivity index is 3.92. The van der Waals surface area contributed by atoms with Crippen LogP contribution in [0.1, 0.15) is 26.7 Å². The zero-order valence-corrected chi connectivity index (χ0v) is 7.22. The summed E-state index contributed by atoms with van der Waals surface area (Å²) >= 11 is 5.46. The Hall–Kier alpha value is -0.640. The molecule has 0 rings (SSSR count). The van der Waals surface area contributed by atoms with Crippen LogP contribution in [0.4, 0.5) is 0 Å². The van der Waals surface area contributed by atoms with Gasteiger partial charge in [-0.1, -0.05) is 0 Å². The number of hydrogen-bond donors (Lipinski definition) is 0. The zero-order chi connectivity index (χ0) is 9.07. The molecule has 0 radical (unpaired) electrons. The van der Waals surface area contributed by atoms with Gasteiger partial charge in [-0.3, -0.25) is 10.1 Å². The summed E-state index contributed by atoms with van der Waals surface area (Å²) in [5.74, 6) is -0.0845. The summed E-state index contributed by atoms with van der Waals surface area (Å²) < 4.78 is 0. The second kappa shape index (κ2) is 3.67. The lowest BCUT2D eigenvalue weighted by molar-refractivity contribution is -0.538. The van der Waals surface area contributed by atoms with E-state index in [4.69, 9.17) is 11.6 Å². The average molecular weight is 180 g/mol. The van der Waals surface area contributed by atoms with E-state index < -0.39 is 9.92 Å². The largest absolute Gasteiger partial charge is 0.300 e.